The van der Waals surface area contributed by atoms with Gasteiger partial charge in [-0.15, -0.1) is 11.3 Å². The van der Waals surface area contributed by atoms with E-state index in [-0.39, 0.29) is 6.42 Å². The second-order valence-electron chi connectivity index (χ2n) is 10.2. The van der Waals surface area contributed by atoms with Crippen LogP contribution in [0.2, 0.25) is 0 Å². The third kappa shape index (κ3) is 8.35. The number of aryl methyl sites for hydroxylation is 1. The van der Waals surface area contributed by atoms with E-state index in [2.05, 4.69) is 4.98 Å². The lowest BCUT2D eigenvalue weighted by Crippen LogP contribution is -2.45. The third-order valence-corrected chi connectivity index (χ3v) is 7.60. The van der Waals surface area contributed by atoms with E-state index < -0.39 is 71.9 Å². The number of esters is 1. The highest BCUT2D eigenvalue weighted by molar-refractivity contribution is 7.09. The summed E-state index contributed by atoms with van der Waals surface area (Å²) in [6.45, 7) is 9.55. The number of aromatic nitrogens is 1. The van der Waals surface area contributed by atoms with E-state index in [1.54, 1.807) is 25.3 Å². The first-order chi connectivity index (χ1) is 17.0. The Bertz CT molecular complexity index is 1060. The van der Waals surface area contributed by atoms with Gasteiger partial charge in [0.05, 0.1) is 34.7 Å². The summed E-state index contributed by atoms with van der Waals surface area (Å²) in [5.41, 5.74) is -1.11. The fraction of sp³-hybridized carbons (Fsp3) is 0.593. The van der Waals surface area contributed by atoms with E-state index in [1.807, 2.05) is 6.92 Å². The molecule has 1 aliphatic heterocycles. The number of Topliss-reactive ketones (excluding diaryl/α,β-unsaturated/α-hetero) is 1. The zero-order valence-electron chi connectivity index (χ0n) is 22.0. The number of cyclic esters (lactones) is 1. The van der Waals surface area contributed by atoms with Gasteiger partial charge in [-0.05, 0) is 31.9 Å². The van der Waals surface area contributed by atoms with Crippen LogP contribution >= 0.6 is 11.3 Å². The van der Waals surface area contributed by atoms with E-state index in [0.29, 0.717) is 11.3 Å². The van der Waals surface area contributed by atoms with Gasteiger partial charge in [-0.3, -0.25) is 9.59 Å². The van der Waals surface area contributed by atoms with Crippen LogP contribution in [0.3, 0.4) is 0 Å². The van der Waals surface area contributed by atoms with Crippen LogP contribution in [0.1, 0.15) is 64.6 Å². The summed E-state index contributed by atoms with van der Waals surface area (Å²) in [4.78, 5) is 30.2. The third-order valence-electron chi connectivity index (χ3n) is 6.81. The monoisotopic (exact) mass is 543 g/mol. The van der Waals surface area contributed by atoms with Gasteiger partial charge in [-0.25, -0.2) is 4.98 Å². The average molecular weight is 544 g/mol. The molecule has 0 radical (unpaired) electrons. The van der Waals surface area contributed by atoms with Crippen molar-refractivity contribution in [2.24, 2.45) is 17.3 Å². The van der Waals surface area contributed by atoms with Crippen LogP contribution in [-0.4, -0.2) is 51.4 Å². The zero-order chi connectivity index (χ0) is 28.1. The number of aliphatic hydroxyl groups excluding tert-OH is 2. The van der Waals surface area contributed by atoms with Gasteiger partial charge >= 0.3 is 12.1 Å². The molecule has 0 aromatic carbocycles. The van der Waals surface area contributed by atoms with Gasteiger partial charge in [0, 0.05) is 29.2 Å². The van der Waals surface area contributed by atoms with Gasteiger partial charge in [-0.1, -0.05) is 45.9 Å². The van der Waals surface area contributed by atoms with Crippen LogP contribution in [0, 0.1) is 24.2 Å². The lowest BCUT2D eigenvalue weighted by Gasteiger charge is -2.34. The summed E-state index contributed by atoms with van der Waals surface area (Å²) in [6.07, 6.45) is -4.04. The molecule has 0 saturated carbocycles. The highest BCUT2D eigenvalue weighted by atomic mass is 32.1. The molecule has 0 bridgehead atoms. The van der Waals surface area contributed by atoms with Crippen molar-refractivity contribution in [2.45, 2.75) is 85.3 Å². The summed E-state index contributed by atoms with van der Waals surface area (Å²) in [5, 5.41) is 24.0. The fourth-order valence-corrected chi connectivity index (χ4v) is 4.74. The predicted molar refractivity (Wildman–Crippen MR) is 137 cm³/mol. The van der Waals surface area contributed by atoms with Crippen molar-refractivity contribution in [1.82, 2.24) is 4.98 Å². The number of halogens is 3. The number of alkyl halides is 3. The zero-order valence-corrected chi connectivity index (χ0v) is 22.8. The Morgan fingerprint density at radius 1 is 1.24 bits per heavy atom. The molecule has 1 aromatic heterocycles. The molecule has 0 saturated heterocycles. The molecule has 0 amide bonds. The first-order valence-corrected chi connectivity index (χ1v) is 13.0. The Morgan fingerprint density at radius 3 is 2.46 bits per heavy atom. The lowest BCUT2D eigenvalue weighted by atomic mass is 9.73. The molecule has 0 fully saturated rings. The van der Waals surface area contributed by atoms with Crippen LogP contribution < -0.4 is 0 Å². The Balaban J connectivity index is 2.50. The van der Waals surface area contributed by atoms with Gasteiger partial charge < -0.3 is 14.9 Å². The van der Waals surface area contributed by atoms with Crippen molar-refractivity contribution in [2.75, 3.05) is 0 Å². The molecular weight excluding hydrogens is 507 g/mol. The molecule has 1 unspecified atom stereocenters. The van der Waals surface area contributed by atoms with Gasteiger partial charge in [0.2, 0.25) is 0 Å². The number of hydrogen-bond donors (Lipinski definition) is 2. The van der Waals surface area contributed by atoms with Crippen molar-refractivity contribution in [1.29, 1.82) is 0 Å². The smallest absolute Gasteiger partial charge is 0.412 e. The number of allylic oxidation sites excluding steroid dienone is 2. The van der Waals surface area contributed by atoms with E-state index in [0.717, 1.165) is 11.1 Å². The van der Waals surface area contributed by atoms with Crippen LogP contribution in [0.15, 0.2) is 34.8 Å². The molecule has 10 heteroatoms. The Hall–Kier alpha value is -2.30. The first-order valence-electron chi connectivity index (χ1n) is 12.2. The van der Waals surface area contributed by atoms with E-state index in [9.17, 15) is 33.0 Å². The van der Waals surface area contributed by atoms with Crippen LogP contribution in [-0.2, 0) is 14.3 Å². The summed E-state index contributed by atoms with van der Waals surface area (Å²) in [5.74, 6) is -2.85. The topological polar surface area (TPSA) is 96.7 Å². The van der Waals surface area contributed by atoms with Crippen LogP contribution in [0.25, 0.3) is 6.08 Å². The number of thiazole rings is 1. The van der Waals surface area contributed by atoms with Crippen molar-refractivity contribution < 1.29 is 37.7 Å². The number of nitrogens with zero attached hydrogens (tertiary/aromatic N) is 1. The van der Waals surface area contributed by atoms with E-state index in [1.165, 1.54) is 44.3 Å². The highest BCUT2D eigenvalue weighted by Gasteiger charge is 2.42. The molecule has 0 spiro atoms. The summed E-state index contributed by atoms with van der Waals surface area (Å²) in [7, 11) is 0. The molecule has 1 aliphatic rings. The summed E-state index contributed by atoms with van der Waals surface area (Å²) < 4.78 is 46.8. The molecule has 5 atom stereocenters. The number of aliphatic hydroxyl groups is 2. The van der Waals surface area contributed by atoms with Crippen molar-refractivity contribution in [3.63, 3.8) is 0 Å². The fourth-order valence-electron chi connectivity index (χ4n) is 4.17. The molecule has 2 heterocycles. The van der Waals surface area contributed by atoms with Crippen LogP contribution in [0.4, 0.5) is 13.2 Å². The first kappa shape index (κ1) is 30.9. The maximum Gasteiger partial charge on any atom is 0.412 e. The minimum absolute atomic E-state index is 0.243. The molecule has 206 valence electrons. The standard InChI is InChI=1S/C27H36F3NO5S/c1-15-8-7-9-19(27(28,29)30)10-11-21(16(2)12-20-14-37-18(4)31-20)36-23(33)13-22(32)26(5,6)25(35)17(3)24(15)34/h7-8,10,12,14-15,17,21-22,24,32,34H,9,11,13H2,1-6H3/b8-7+,16-12-,19-10+/t15-,17+,21?,22-,24-/m0/s1. The summed E-state index contributed by atoms with van der Waals surface area (Å²) in [6, 6.07) is 0. The molecule has 2 N–H and O–H groups in total. The maximum absolute atomic E-state index is 13.8. The number of ether oxygens (including phenoxy) is 1. The van der Waals surface area contributed by atoms with E-state index in [4.69, 9.17) is 4.74 Å². The van der Waals surface area contributed by atoms with Gasteiger partial charge in [0.1, 0.15) is 11.9 Å². The molecule has 37 heavy (non-hydrogen) atoms. The normalized spacial score (nSPS) is 31.4. The van der Waals surface area contributed by atoms with Crippen LogP contribution in [0.5, 0.6) is 0 Å². The van der Waals surface area contributed by atoms with Gasteiger partial charge in [-0.2, -0.15) is 13.2 Å². The molecule has 0 aliphatic carbocycles. The molecule has 6 nitrogen and oxygen atoms in total. The van der Waals surface area contributed by atoms with E-state index >= 15 is 0 Å². The number of hydrogen-bond acceptors (Lipinski definition) is 7. The van der Waals surface area contributed by atoms with Crippen molar-refractivity contribution >= 4 is 29.2 Å². The molecule has 2 rings (SSSR count). The van der Waals surface area contributed by atoms with Crippen molar-refractivity contribution in [3.05, 3.63) is 45.5 Å². The minimum atomic E-state index is -4.61. The highest BCUT2D eigenvalue weighted by Crippen LogP contribution is 2.33. The second-order valence-corrected chi connectivity index (χ2v) is 11.3. The molecular formula is C27H36F3NO5S. The molecule has 1 aromatic rings. The Labute approximate surface area is 219 Å². The Kier molecular flexibility index (Phi) is 10.4. The largest absolute Gasteiger partial charge is 0.457 e. The number of carbonyl (C=O) groups is 2. The lowest BCUT2D eigenvalue weighted by molar-refractivity contribution is -0.154. The second kappa shape index (κ2) is 12.5. The maximum atomic E-state index is 13.8. The quantitative estimate of drug-likeness (QED) is 0.373. The van der Waals surface area contributed by atoms with Gasteiger partial charge in [0.25, 0.3) is 0 Å². The van der Waals surface area contributed by atoms with Crippen molar-refractivity contribution in [3.8, 4) is 0 Å². The number of carbonyl (C=O) groups excluding carboxylic acids is 2. The Morgan fingerprint density at radius 2 is 1.89 bits per heavy atom. The minimum Gasteiger partial charge on any atom is -0.457 e. The SMILES string of the molecule is C/C(=C/c1csc(C)n1)C1C/C=C(/C(F)(F)F)C/C=C/[C@H](C)[C@H](O)[C@@H](C)C(=O)C(C)(C)[C@@H](O)CC(=O)O1. The number of rotatable bonds is 2. The summed E-state index contributed by atoms with van der Waals surface area (Å²) >= 11 is 1.41. The average Bonchev–Trinajstić information content (AvgIpc) is 3.21. The number of ketones is 1. The predicted octanol–water partition coefficient (Wildman–Crippen LogP) is 5.58. The van der Waals surface area contributed by atoms with Gasteiger partial charge in [0.15, 0.2) is 0 Å².